The molecule has 1 N–H and O–H groups in total. The summed E-state index contributed by atoms with van der Waals surface area (Å²) < 4.78 is 48.2. The predicted molar refractivity (Wildman–Crippen MR) is 118 cm³/mol. The number of alkyl halides is 2. The van der Waals surface area contributed by atoms with Gasteiger partial charge in [0.05, 0.1) is 12.6 Å². The Hall–Kier alpha value is -3.04. The van der Waals surface area contributed by atoms with Gasteiger partial charge < -0.3 is 19.9 Å². The number of carbonyl (C=O) groups is 1. The third-order valence-corrected chi connectivity index (χ3v) is 6.09. The minimum Gasteiger partial charge on any atom is -0.489 e. The Morgan fingerprint density at radius 2 is 1.76 bits per heavy atom. The summed E-state index contributed by atoms with van der Waals surface area (Å²) in [6.45, 7) is 4.52. The van der Waals surface area contributed by atoms with E-state index in [1.165, 1.54) is 13.3 Å². The molecule has 2 fully saturated rings. The minimum absolute atomic E-state index is 0.0582. The molecule has 3 heterocycles. The molecule has 2 atom stereocenters. The van der Waals surface area contributed by atoms with E-state index in [1.807, 2.05) is 31.2 Å². The van der Waals surface area contributed by atoms with Crippen LogP contribution in [0.5, 0.6) is 5.75 Å². The number of aromatic nitrogens is 2. The highest BCUT2D eigenvalue weighted by Gasteiger charge is 2.36. The lowest BCUT2D eigenvalue weighted by Crippen LogP contribution is -2.40. The molecule has 7 nitrogen and oxygen atoms in total. The summed E-state index contributed by atoms with van der Waals surface area (Å²) in [6.07, 6.45) is 1.21. The smallest absolute Gasteiger partial charge is 0.251 e. The fraction of sp³-hybridized carbons (Fsp3) is 0.522. The van der Waals surface area contributed by atoms with Crippen molar-refractivity contribution in [3.8, 4) is 5.75 Å². The van der Waals surface area contributed by atoms with Crippen LogP contribution in [-0.2, 0) is 4.79 Å². The highest BCUT2D eigenvalue weighted by atomic mass is 19.3. The lowest BCUT2D eigenvalue weighted by molar-refractivity contribution is -0.119. The number of carbonyl (C=O) groups excluding carboxylic acids is 1. The van der Waals surface area contributed by atoms with Gasteiger partial charge in [0.25, 0.3) is 5.92 Å². The normalized spacial score (nSPS) is 21.1. The van der Waals surface area contributed by atoms with Crippen LogP contribution in [0.1, 0.15) is 44.7 Å². The largest absolute Gasteiger partial charge is 0.489 e. The van der Waals surface area contributed by atoms with Crippen LogP contribution in [0, 0.1) is 5.82 Å². The van der Waals surface area contributed by atoms with E-state index in [-0.39, 0.29) is 55.6 Å². The summed E-state index contributed by atoms with van der Waals surface area (Å²) in [5, 5.41) is 2.84. The molecule has 33 heavy (non-hydrogen) atoms. The average molecular weight is 464 g/mol. The number of nitrogens with one attached hydrogen (secondary N) is 1. The fourth-order valence-corrected chi connectivity index (χ4v) is 4.27. The number of benzene rings is 1. The zero-order valence-corrected chi connectivity index (χ0v) is 18.7. The first-order chi connectivity index (χ1) is 15.7. The van der Waals surface area contributed by atoms with E-state index < -0.39 is 11.7 Å². The molecule has 4 rings (SSSR count). The van der Waals surface area contributed by atoms with Gasteiger partial charge in [-0.3, -0.25) is 4.79 Å². The van der Waals surface area contributed by atoms with Crippen molar-refractivity contribution in [2.24, 2.45) is 0 Å². The van der Waals surface area contributed by atoms with Crippen molar-refractivity contribution in [3.63, 3.8) is 0 Å². The van der Waals surface area contributed by atoms with Crippen molar-refractivity contribution < 1.29 is 22.7 Å². The van der Waals surface area contributed by atoms with Crippen LogP contribution in [-0.4, -0.2) is 54.1 Å². The number of halogens is 3. The van der Waals surface area contributed by atoms with Gasteiger partial charge in [-0.05, 0) is 24.6 Å². The molecule has 0 saturated carbocycles. The minimum atomic E-state index is -2.71. The van der Waals surface area contributed by atoms with Gasteiger partial charge in [0, 0.05) is 45.8 Å². The second-order valence-corrected chi connectivity index (χ2v) is 8.64. The van der Waals surface area contributed by atoms with Crippen molar-refractivity contribution in [1.82, 2.24) is 15.3 Å². The Labute approximate surface area is 191 Å². The molecule has 1 aromatic heterocycles. The SMILES string of the molecule is CC(=O)N[C@@H](C)c1ccc(O[C@@H]2CCN(c3ncnc(N4CCC(F)(F)CC4)c3F)C2)cc1. The molecule has 0 aliphatic carbocycles. The second-order valence-electron chi connectivity index (χ2n) is 8.64. The van der Waals surface area contributed by atoms with Crippen molar-refractivity contribution in [1.29, 1.82) is 0 Å². The molecule has 2 aromatic rings. The van der Waals surface area contributed by atoms with Gasteiger partial charge in [-0.1, -0.05) is 12.1 Å². The van der Waals surface area contributed by atoms with Crippen LogP contribution in [0.3, 0.4) is 0 Å². The van der Waals surface area contributed by atoms with Gasteiger partial charge >= 0.3 is 0 Å². The molecule has 1 amide bonds. The van der Waals surface area contributed by atoms with Gasteiger partial charge in [0.2, 0.25) is 11.7 Å². The second kappa shape index (κ2) is 9.44. The summed E-state index contributed by atoms with van der Waals surface area (Å²) in [5.41, 5.74) is 0.969. The monoisotopic (exact) mass is 463 g/mol. The van der Waals surface area contributed by atoms with Crippen LogP contribution in [0.25, 0.3) is 0 Å². The average Bonchev–Trinajstić information content (AvgIpc) is 3.22. The van der Waals surface area contributed by atoms with Crippen molar-refractivity contribution >= 4 is 17.5 Å². The quantitative estimate of drug-likeness (QED) is 0.705. The Morgan fingerprint density at radius 1 is 1.12 bits per heavy atom. The van der Waals surface area contributed by atoms with E-state index in [4.69, 9.17) is 4.74 Å². The molecule has 2 aliphatic heterocycles. The van der Waals surface area contributed by atoms with Gasteiger partial charge in [0.15, 0.2) is 11.6 Å². The lowest BCUT2D eigenvalue weighted by Gasteiger charge is -2.33. The van der Waals surface area contributed by atoms with Crippen LogP contribution < -0.4 is 19.9 Å². The van der Waals surface area contributed by atoms with E-state index in [0.717, 1.165) is 5.56 Å². The van der Waals surface area contributed by atoms with Gasteiger partial charge in [-0.2, -0.15) is 4.39 Å². The molecule has 178 valence electrons. The first-order valence-electron chi connectivity index (χ1n) is 11.1. The van der Waals surface area contributed by atoms with Crippen LogP contribution in [0.4, 0.5) is 24.8 Å². The third kappa shape index (κ3) is 5.48. The van der Waals surface area contributed by atoms with E-state index in [0.29, 0.717) is 25.3 Å². The number of piperidine rings is 1. The Balaban J connectivity index is 1.38. The Kier molecular flexibility index (Phi) is 6.62. The maximum atomic E-state index is 15.2. The molecule has 2 saturated heterocycles. The zero-order valence-electron chi connectivity index (χ0n) is 18.7. The molecular weight excluding hydrogens is 435 g/mol. The standard InChI is InChI=1S/C23H28F3N5O2/c1-15(29-16(2)32)17-3-5-18(6-4-17)33-19-7-10-31(13-19)22-20(24)21(27-14-28-22)30-11-8-23(25,26)9-12-30/h3-6,14-15,19H,7-13H2,1-2H3,(H,29,32)/t15-,19+/m0/s1. The molecule has 10 heteroatoms. The Morgan fingerprint density at radius 3 is 2.39 bits per heavy atom. The summed E-state index contributed by atoms with van der Waals surface area (Å²) >= 11 is 0. The molecule has 0 spiro atoms. The van der Waals surface area contributed by atoms with Gasteiger partial charge in [-0.25, -0.2) is 18.7 Å². The van der Waals surface area contributed by atoms with Crippen LogP contribution in [0.2, 0.25) is 0 Å². The number of ether oxygens (including phenoxy) is 1. The summed E-state index contributed by atoms with van der Waals surface area (Å²) in [5.74, 6) is -2.44. The molecule has 2 aliphatic rings. The number of hydrogen-bond acceptors (Lipinski definition) is 6. The number of anilines is 2. The number of rotatable bonds is 6. The maximum Gasteiger partial charge on any atom is 0.251 e. The topological polar surface area (TPSA) is 70.6 Å². The van der Waals surface area contributed by atoms with Crippen molar-refractivity contribution in [2.75, 3.05) is 36.0 Å². The predicted octanol–water partition coefficient (Wildman–Crippen LogP) is 3.71. The molecule has 1 aromatic carbocycles. The Bertz CT molecular complexity index is 979. The van der Waals surface area contributed by atoms with Crippen molar-refractivity contribution in [2.45, 2.75) is 51.2 Å². The summed E-state index contributed by atoms with van der Waals surface area (Å²) in [4.78, 5) is 22.7. The van der Waals surface area contributed by atoms with Crippen molar-refractivity contribution in [3.05, 3.63) is 42.0 Å². The number of amides is 1. The highest BCUT2D eigenvalue weighted by molar-refractivity contribution is 5.73. The number of nitrogens with zero attached hydrogens (tertiary/aromatic N) is 4. The molecular formula is C23H28F3N5O2. The number of hydrogen-bond donors (Lipinski definition) is 1. The highest BCUT2D eigenvalue weighted by Crippen LogP contribution is 2.33. The lowest BCUT2D eigenvalue weighted by atomic mass is 10.1. The molecule has 0 unspecified atom stereocenters. The van der Waals surface area contributed by atoms with E-state index >= 15 is 4.39 Å². The molecule has 0 bridgehead atoms. The van der Waals surface area contributed by atoms with Gasteiger partial charge in [-0.15, -0.1) is 0 Å². The van der Waals surface area contributed by atoms with Gasteiger partial charge in [0.1, 0.15) is 18.2 Å². The first kappa shape index (κ1) is 23.1. The maximum absolute atomic E-state index is 15.2. The summed E-state index contributed by atoms with van der Waals surface area (Å²) in [6, 6.07) is 7.42. The van der Waals surface area contributed by atoms with E-state index in [9.17, 15) is 13.6 Å². The van der Waals surface area contributed by atoms with E-state index in [1.54, 1.807) is 9.80 Å². The summed E-state index contributed by atoms with van der Waals surface area (Å²) in [7, 11) is 0. The van der Waals surface area contributed by atoms with Crippen LogP contribution >= 0.6 is 0 Å². The molecule has 0 radical (unpaired) electrons. The van der Waals surface area contributed by atoms with Crippen LogP contribution in [0.15, 0.2) is 30.6 Å². The van der Waals surface area contributed by atoms with E-state index in [2.05, 4.69) is 15.3 Å². The zero-order chi connectivity index (χ0) is 23.6. The fourth-order valence-electron chi connectivity index (χ4n) is 4.27. The first-order valence-corrected chi connectivity index (χ1v) is 11.1. The third-order valence-electron chi connectivity index (χ3n) is 6.09.